The van der Waals surface area contributed by atoms with Gasteiger partial charge in [0.05, 0.1) is 33.5 Å². The second kappa shape index (κ2) is 10.2. The summed E-state index contributed by atoms with van der Waals surface area (Å²) in [6.07, 6.45) is 0. The molecule has 6 aromatic carbocycles. The molecule has 4 nitrogen and oxygen atoms in total. The summed E-state index contributed by atoms with van der Waals surface area (Å²) in [5, 5.41) is 2.10. The predicted molar refractivity (Wildman–Crippen MR) is 181 cm³/mol. The number of aromatic nitrogens is 2. The van der Waals surface area contributed by atoms with Gasteiger partial charge in [-0.1, -0.05) is 109 Å². The minimum atomic E-state index is 0.704. The molecule has 0 spiro atoms. The van der Waals surface area contributed by atoms with E-state index in [2.05, 4.69) is 114 Å². The van der Waals surface area contributed by atoms with E-state index >= 15 is 0 Å². The van der Waals surface area contributed by atoms with Crippen LogP contribution in [0.2, 0.25) is 0 Å². The van der Waals surface area contributed by atoms with E-state index in [9.17, 15) is 0 Å². The van der Waals surface area contributed by atoms with Crippen molar-refractivity contribution in [3.63, 3.8) is 0 Å². The first kappa shape index (κ1) is 25.4. The van der Waals surface area contributed by atoms with Gasteiger partial charge in [0.2, 0.25) is 0 Å². The van der Waals surface area contributed by atoms with E-state index in [1.165, 1.54) is 0 Å². The van der Waals surface area contributed by atoms with Crippen LogP contribution in [-0.2, 0) is 0 Å². The first-order valence-electron chi connectivity index (χ1n) is 15.0. The van der Waals surface area contributed by atoms with Crippen molar-refractivity contribution in [3.8, 4) is 62.3 Å². The van der Waals surface area contributed by atoms with Gasteiger partial charge in [0.1, 0.15) is 0 Å². The largest absolute Gasteiger partial charge is 0.449 e. The SMILES string of the molecule is c1ccc(-c2ccc3c(c2)c2c4c(ccc2n3-c2cc(-c3ccccc3)nc(-c3ccccc3)c2)Oc2ccccc2O4)cc1. The number of para-hydroxylation sites is 2. The number of pyridine rings is 1. The van der Waals surface area contributed by atoms with Crippen molar-refractivity contribution >= 4 is 21.8 Å². The van der Waals surface area contributed by atoms with Crippen molar-refractivity contribution < 1.29 is 9.47 Å². The zero-order valence-corrected chi connectivity index (χ0v) is 24.2. The lowest BCUT2D eigenvalue weighted by Gasteiger charge is -2.21. The van der Waals surface area contributed by atoms with Gasteiger partial charge in [-0.2, -0.15) is 0 Å². The van der Waals surface area contributed by atoms with Gasteiger partial charge in [-0.05, 0) is 59.7 Å². The highest BCUT2D eigenvalue weighted by Gasteiger charge is 2.26. The highest BCUT2D eigenvalue weighted by atomic mass is 16.6. The summed E-state index contributed by atoms with van der Waals surface area (Å²) in [6.45, 7) is 0. The van der Waals surface area contributed by atoms with E-state index in [-0.39, 0.29) is 0 Å². The minimum absolute atomic E-state index is 0.704. The molecule has 0 amide bonds. The van der Waals surface area contributed by atoms with Crippen molar-refractivity contribution in [3.05, 3.63) is 158 Å². The van der Waals surface area contributed by atoms with Crippen LogP contribution in [0.1, 0.15) is 0 Å². The molecule has 0 unspecified atom stereocenters. The van der Waals surface area contributed by atoms with Crippen molar-refractivity contribution in [2.75, 3.05) is 0 Å². The second-order valence-electron chi connectivity index (χ2n) is 11.2. The molecule has 1 aliphatic heterocycles. The number of ether oxygens (including phenoxy) is 2. The van der Waals surface area contributed by atoms with Crippen LogP contribution in [0.4, 0.5) is 0 Å². The molecule has 8 aromatic rings. The third-order valence-corrected chi connectivity index (χ3v) is 8.44. The van der Waals surface area contributed by atoms with E-state index in [0.717, 1.165) is 66.9 Å². The lowest BCUT2D eigenvalue weighted by molar-refractivity contribution is 0.363. The van der Waals surface area contributed by atoms with Crippen LogP contribution in [0.25, 0.3) is 61.1 Å². The van der Waals surface area contributed by atoms with E-state index in [0.29, 0.717) is 17.2 Å². The maximum absolute atomic E-state index is 6.63. The van der Waals surface area contributed by atoms with E-state index in [1.54, 1.807) is 0 Å². The molecular formula is C41H26N2O2. The Bertz CT molecular complexity index is 2300. The Kier molecular flexibility index (Phi) is 5.78. The van der Waals surface area contributed by atoms with Crippen molar-refractivity contribution in [2.45, 2.75) is 0 Å². The molecule has 0 N–H and O–H groups in total. The fraction of sp³-hybridized carbons (Fsp3) is 0. The number of rotatable bonds is 4. The monoisotopic (exact) mass is 578 g/mol. The second-order valence-corrected chi connectivity index (χ2v) is 11.2. The molecule has 9 rings (SSSR count). The van der Waals surface area contributed by atoms with Crippen LogP contribution in [0, 0.1) is 0 Å². The standard InChI is InChI=1S/C41H26N2O2/c1-4-12-27(13-5-1)30-20-21-35-32(24-30)40-36(22-23-39-41(40)45-38-19-11-10-18-37(38)44-39)43(35)31-25-33(28-14-6-2-7-15-28)42-34(26-31)29-16-8-3-9-17-29/h1-26H. The number of fused-ring (bicyclic) bond motifs is 6. The van der Waals surface area contributed by atoms with Gasteiger partial charge in [-0.15, -0.1) is 0 Å². The molecule has 4 heteroatoms. The summed E-state index contributed by atoms with van der Waals surface area (Å²) in [7, 11) is 0. The maximum Gasteiger partial charge on any atom is 0.180 e. The van der Waals surface area contributed by atoms with Crippen LogP contribution in [0.5, 0.6) is 23.0 Å². The molecule has 45 heavy (non-hydrogen) atoms. The Morgan fingerprint density at radius 2 is 0.978 bits per heavy atom. The fourth-order valence-corrected chi connectivity index (χ4v) is 6.34. The normalized spacial score (nSPS) is 11.9. The first-order chi connectivity index (χ1) is 22.3. The summed E-state index contributed by atoms with van der Waals surface area (Å²) in [5.74, 6) is 2.85. The van der Waals surface area contributed by atoms with Crippen LogP contribution < -0.4 is 9.47 Å². The Morgan fingerprint density at radius 1 is 0.422 bits per heavy atom. The molecular weight excluding hydrogens is 552 g/mol. The molecule has 3 heterocycles. The molecule has 0 radical (unpaired) electrons. The summed E-state index contributed by atoms with van der Waals surface area (Å²) >= 11 is 0. The van der Waals surface area contributed by atoms with Gasteiger partial charge >= 0.3 is 0 Å². The Hall–Kier alpha value is -6.13. The summed E-state index contributed by atoms with van der Waals surface area (Å²) < 4.78 is 15.3. The smallest absolute Gasteiger partial charge is 0.180 e. The third kappa shape index (κ3) is 4.27. The maximum atomic E-state index is 6.63. The van der Waals surface area contributed by atoms with Gasteiger partial charge in [0.25, 0.3) is 0 Å². The zero-order valence-electron chi connectivity index (χ0n) is 24.2. The Balaban J connectivity index is 1.35. The van der Waals surface area contributed by atoms with Gasteiger partial charge in [0, 0.05) is 16.5 Å². The van der Waals surface area contributed by atoms with Gasteiger partial charge in [-0.3, -0.25) is 0 Å². The average Bonchev–Trinajstić information content (AvgIpc) is 3.46. The molecule has 212 valence electrons. The van der Waals surface area contributed by atoms with Crippen LogP contribution >= 0.6 is 0 Å². The number of nitrogens with zero attached hydrogens (tertiary/aromatic N) is 2. The molecule has 0 saturated heterocycles. The van der Waals surface area contributed by atoms with Gasteiger partial charge in [-0.25, -0.2) is 4.98 Å². The average molecular weight is 579 g/mol. The number of benzene rings is 6. The Morgan fingerprint density at radius 3 is 1.62 bits per heavy atom. The molecule has 2 aromatic heterocycles. The molecule has 0 fully saturated rings. The number of hydrogen-bond acceptors (Lipinski definition) is 3. The van der Waals surface area contributed by atoms with E-state index in [1.807, 2.05) is 48.5 Å². The van der Waals surface area contributed by atoms with Crippen LogP contribution in [0.3, 0.4) is 0 Å². The topological polar surface area (TPSA) is 36.3 Å². The lowest BCUT2D eigenvalue weighted by atomic mass is 10.0. The first-order valence-corrected chi connectivity index (χ1v) is 15.0. The van der Waals surface area contributed by atoms with Crippen molar-refractivity contribution in [1.29, 1.82) is 0 Å². The summed E-state index contributed by atoms with van der Waals surface area (Å²) in [4.78, 5) is 5.13. The van der Waals surface area contributed by atoms with Crippen LogP contribution in [0.15, 0.2) is 158 Å². The quantitative estimate of drug-likeness (QED) is 0.208. The molecule has 1 aliphatic rings. The molecule has 0 saturated carbocycles. The zero-order chi connectivity index (χ0) is 29.7. The minimum Gasteiger partial charge on any atom is -0.449 e. The molecule has 0 aliphatic carbocycles. The molecule has 0 atom stereocenters. The van der Waals surface area contributed by atoms with E-state index < -0.39 is 0 Å². The van der Waals surface area contributed by atoms with Gasteiger partial charge < -0.3 is 14.0 Å². The summed E-state index contributed by atoms with van der Waals surface area (Å²) in [6, 6.07) is 54.2. The lowest BCUT2D eigenvalue weighted by Crippen LogP contribution is -2.00. The van der Waals surface area contributed by atoms with E-state index in [4.69, 9.17) is 14.5 Å². The number of hydrogen-bond donors (Lipinski definition) is 0. The van der Waals surface area contributed by atoms with Crippen molar-refractivity contribution in [1.82, 2.24) is 9.55 Å². The van der Waals surface area contributed by atoms with Crippen molar-refractivity contribution in [2.24, 2.45) is 0 Å². The summed E-state index contributed by atoms with van der Waals surface area (Å²) in [5.41, 5.74) is 9.38. The Labute approximate surface area is 260 Å². The molecule has 0 bridgehead atoms. The highest BCUT2D eigenvalue weighted by Crippen LogP contribution is 2.51. The predicted octanol–water partition coefficient (Wildman–Crippen LogP) is 11.1. The fourth-order valence-electron chi connectivity index (χ4n) is 6.34. The third-order valence-electron chi connectivity index (χ3n) is 8.44. The van der Waals surface area contributed by atoms with Crippen LogP contribution in [-0.4, -0.2) is 9.55 Å². The highest BCUT2D eigenvalue weighted by molar-refractivity contribution is 6.14. The van der Waals surface area contributed by atoms with Gasteiger partial charge in [0.15, 0.2) is 23.0 Å².